The van der Waals surface area contributed by atoms with E-state index in [2.05, 4.69) is 138 Å². The molecule has 0 fully saturated rings. The third kappa shape index (κ3) is 2.83. The van der Waals surface area contributed by atoms with Crippen molar-refractivity contribution in [1.82, 2.24) is 9.55 Å². The zero-order valence-electron chi connectivity index (χ0n) is 21.1. The van der Waals surface area contributed by atoms with Crippen LogP contribution in [0.1, 0.15) is 0 Å². The fraction of sp³-hybridized carbons (Fsp3) is 0. The number of benzene rings is 6. The molecule has 180 valence electrons. The number of fused-ring (bicyclic) bond motifs is 7. The Hall–Kier alpha value is -5.21. The summed E-state index contributed by atoms with van der Waals surface area (Å²) in [5.41, 5.74) is 13.3. The average molecular weight is 495 g/mol. The van der Waals surface area contributed by atoms with E-state index in [4.69, 9.17) is 4.98 Å². The molecule has 0 amide bonds. The molecule has 0 spiro atoms. The highest BCUT2D eigenvalue weighted by molar-refractivity contribution is 6.18. The molecule has 6 aromatic carbocycles. The van der Waals surface area contributed by atoms with Gasteiger partial charge in [-0.2, -0.15) is 0 Å². The zero-order chi connectivity index (χ0) is 25.5. The summed E-state index contributed by atoms with van der Waals surface area (Å²) in [6.07, 6.45) is 0. The summed E-state index contributed by atoms with van der Waals surface area (Å²) < 4.78 is 2.36. The van der Waals surface area contributed by atoms with Crippen LogP contribution in [0.4, 0.5) is 0 Å². The van der Waals surface area contributed by atoms with Crippen molar-refractivity contribution in [2.75, 3.05) is 0 Å². The van der Waals surface area contributed by atoms with Crippen molar-refractivity contribution in [3.05, 3.63) is 133 Å². The standard InChI is InChI=1S/C37H22N2/c1-5-17-33-24(9-1)22-35-37(38-33)32-14-4-6-18-34(32)39(35)25-11-7-10-23(21-25)26-19-20-31-28-13-3-2-12-27(28)30-16-8-15-29(26)36(30)31/h1-22H. The van der Waals surface area contributed by atoms with E-state index in [-0.39, 0.29) is 0 Å². The van der Waals surface area contributed by atoms with Gasteiger partial charge in [-0.25, -0.2) is 4.98 Å². The molecule has 0 N–H and O–H groups in total. The number of aromatic nitrogens is 2. The molecule has 2 heteroatoms. The molecule has 0 saturated carbocycles. The zero-order valence-corrected chi connectivity index (χ0v) is 21.1. The van der Waals surface area contributed by atoms with E-state index in [0.717, 1.165) is 27.6 Å². The summed E-state index contributed by atoms with van der Waals surface area (Å²) in [7, 11) is 0. The van der Waals surface area contributed by atoms with E-state index in [1.165, 1.54) is 55.1 Å². The fourth-order valence-corrected chi connectivity index (χ4v) is 6.62. The van der Waals surface area contributed by atoms with E-state index in [9.17, 15) is 0 Å². The molecule has 8 aromatic rings. The Morgan fingerprint density at radius 3 is 2.08 bits per heavy atom. The molecule has 9 rings (SSSR count). The van der Waals surface area contributed by atoms with Gasteiger partial charge in [0.05, 0.1) is 22.1 Å². The van der Waals surface area contributed by atoms with Crippen LogP contribution in [-0.4, -0.2) is 9.55 Å². The van der Waals surface area contributed by atoms with Crippen molar-refractivity contribution < 1.29 is 0 Å². The molecule has 0 radical (unpaired) electrons. The second-order valence-electron chi connectivity index (χ2n) is 10.4. The molecular formula is C37H22N2. The Bertz CT molecular complexity index is 2260. The summed E-state index contributed by atoms with van der Waals surface area (Å²) in [4.78, 5) is 5.10. The predicted octanol–water partition coefficient (Wildman–Crippen LogP) is 9.80. The number of pyridine rings is 1. The van der Waals surface area contributed by atoms with Gasteiger partial charge in [0.15, 0.2) is 0 Å². The van der Waals surface area contributed by atoms with Gasteiger partial charge in [-0.05, 0) is 74.5 Å². The molecular weight excluding hydrogens is 472 g/mol. The first-order chi connectivity index (χ1) is 19.3. The predicted molar refractivity (Wildman–Crippen MR) is 163 cm³/mol. The topological polar surface area (TPSA) is 17.8 Å². The van der Waals surface area contributed by atoms with Gasteiger partial charge in [0.1, 0.15) is 0 Å². The minimum absolute atomic E-state index is 1.02. The first-order valence-electron chi connectivity index (χ1n) is 13.4. The van der Waals surface area contributed by atoms with Crippen LogP contribution in [0.3, 0.4) is 0 Å². The molecule has 0 unspecified atom stereocenters. The molecule has 0 saturated heterocycles. The average Bonchev–Trinajstić information content (AvgIpc) is 3.50. The van der Waals surface area contributed by atoms with E-state index < -0.39 is 0 Å². The van der Waals surface area contributed by atoms with E-state index in [1.54, 1.807) is 0 Å². The lowest BCUT2D eigenvalue weighted by atomic mass is 9.94. The molecule has 2 nitrogen and oxygen atoms in total. The van der Waals surface area contributed by atoms with Gasteiger partial charge >= 0.3 is 0 Å². The fourth-order valence-electron chi connectivity index (χ4n) is 6.62. The number of hydrogen-bond donors (Lipinski definition) is 0. The Kier molecular flexibility index (Phi) is 4.08. The lowest BCUT2D eigenvalue weighted by molar-refractivity contribution is 1.18. The first kappa shape index (κ1) is 20.8. The molecule has 2 heterocycles. The summed E-state index contributed by atoms with van der Waals surface area (Å²) in [5, 5.41) is 4.98. The lowest BCUT2D eigenvalue weighted by Gasteiger charge is -2.13. The van der Waals surface area contributed by atoms with Crippen molar-refractivity contribution >= 4 is 43.6 Å². The van der Waals surface area contributed by atoms with E-state index in [1.807, 2.05) is 0 Å². The van der Waals surface area contributed by atoms with Gasteiger partial charge in [-0.3, -0.25) is 0 Å². The third-order valence-electron chi connectivity index (χ3n) is 8.31. The van der Waals surface area contributed by atoms with Gasteiger partial charge < -0.3 is 4.57 Å². The summed E-state index contributed by atoms with van der Waals surface area (Å²) in [6.45, 7) is 0. The van der Waals surface area contributed by atoms with Crippen molar-refractivity contribution in [3.8, 4) is 39.1 Å². The largest absolute Gasteiger partial charge is 0.308 e. The van der Waals surface area contributed by atoms with E-state index in [0.29, 0.717) is 0 Å². The monoisotopic (exact) mass is 494 g/mol. The van der Waals surface area contributed by atoms with Crippen LogP contribution < -0.4 is 0 Å². The minimum Gasteiger partial charge on any atom is -0.308 e. The smallest absolute Gasteiger partial charge is 0.0971 e. The Morgan fingerprint density at radius 2 is 1.15 bits per heavy atom. The molecule has 0 bridgehead atoms. The second kappa shape index (κ2) is 7.66. The van der Waals surface area contributed by atoms with Crippen LogP contribution in [0.2, 0.25) is 0 Å². The Morgan fingerprint density at radius 1 is 0.462 bits per heavy atom. The SMILES string of the molecule is c1cc(-c2ccc3c4c(cccc24)-c2ccccc2-3)cc(-n2c3ccccc3c3nc4ccccc4cc32)c1. The summed E-state index contributed by atoms with van der Waals surface area (Å²) in [5.74, 6) is 0. The minimum atomic E-state index is 1.02. The molecule has 0 atom stereocenters. The number of hydrogen-bond acceptors (Lipinski definition) is 1. The van der Waals surface area contributed by atoms with Crippen molar-refractivity contribution in [3.63, 3.8) is 0 Å². The third-order valence-corrected chi connectivity index (χ3v) is 8.31. The highest BCUT2D eigenvalue weighted by Gasteiger charge is 2.22. The summed E-state index contributed by atoms with van der Waals surface area (Å²) >= 11 is 0. The van der Waals surface area contributed by atoms with Gasteiger partial charge in [-0.1, -0.05) is 103 Å². The Balaban J connectivity index is 1.30. The quantitative estimate of drug-likeness (QED) is 0.234. The van der Waals surface area contributed by atoms with Crippen molar-refractivity contribution in [2.24, 2.45) is 0 Å². The Labute approximate surface area is 225 Å². The van der Waals surface area contributed by atoms with Gasteiger partial charge in [-0.15, -0.1) is 0 Å². The van der Waals surface area contributed by atoms with Crippen molar-refractivity contribution in [2.45, 2.75) is 0 Å². The molecule has 1 aliphatic rings. The van der Waals surface area contributed by atoms with Crippen LogP contribution >= 0.6 is 0 Å². The summed E-state index contributed by atoms with van der Waals surface area (Å²) in [6, 6.07) is 48.3. The highest BCUT2D eigenvalue weighted by atomic mass is 15.0. The molecule has 39 heavy (non-hydrogen) atoms. The van der Waals surface area contributed by atoms with Crippen molar-refractivity contribution in [1.29, 1.82) is 0 Å². The number of nitrogens with zero attached hydrogens (tertiary/aromatic N) is 2. The van der Waals surface area contributed by atoms with Crippen LogP contribution in [0.15, 0.2) is 133 Å². The molecule has 2 aromatic heterocycles. The second-order valence-corrected chi connectivity index (χ2v) is 10.4. The van der Waals surface area contributed by atoms with Gasteiger partial charge in [0.2, 0.25) is 0 Å². The van der Waals surface area contributed by atoms with Gasteiger partial charge in [0, 0.05) is 16.5 Å². The maximum atomic E-state index is 5.10. The highest BCUT2D eigenvalue weighted by Crippen LogP contribution is 2.49. The molecule has 0 aliphatic heterocycles. The van der Waals surface area contributed by atoms with Crippen LogP contribution in [0.5, 0.6) is 0 Å². The number of para-hydroxylation sites is 2. The first-order valence-corrected chi connectivity index (χ1v) is 13.4. The van der Waals surface area contributed by atoms with Gasteiger partial charge in [0.25, 0.3) is 0 Å². The van der Waals surface area contributed by atoms with Crippen LogP contribution in [-0.2, 0) is 0 Å². The maximum absolute atomic E-state index is 5.10. The van der Waals surface area contributed by atoms with E-state index >= 15 is 0 Å². The van der Waals surface area contributed by atoms with Crippen LogP contribution in [0.25, 0.3) is 82.7 Å². The normalized spacial score (nSPS) is 12.1. The molecule has 1 aliphatic carbocycles. The maximum Gasteiger partial charge on any atom is 0.0971 e. The van der Waals surface area contributed by atoms with Crippen LogP contribution in [0, 0.1) is 0 Å². The lowest BCUT2D eigenvalue weighted by Crippen LogP contribution is -1.95. The number of rotatable bonds is 2.